The highest BCUT2D eigenvalue weighted by Crippen LogP contribution is 2.27. The quantitative estimate of drug-likeness (QED) is 0.632. The van der Waals surface area contributed by atoms with Crippen molar-refractivity contribution in [3.63, 3.8) is 0 Å². The minimum Gasteiger partial charge on any atom is -0.495 e. The molecule has 1 atom stereocenters. The average molecular weight is 389 g/mol. The molecule has 1 aromatic carbocycles. The van der Waals surface area contributed by atoms with E-state index in [4.69, 9.17) is 20.8 Å². The van der Waals surface area contributed by atoms with Crippen LogP contribution in [0.5, 0.6) is 5.75 Å². The van der Waals surface area contributed by atoms with Crippen molar-refractivity contribution in [2.45, 2.75) is 6.04 Å². The van der Waals surface area contributed by atoms with Crippen LogP contribution in [-0.4, -0.2) is 35.2 Å². The highest BCUT2D eigenvalue weighted by atomic mass is 35.5. The predicted molar refractivity (Wildman–Crippen MR) is 98.7 cm³/mol. The van der Waals surface area contributed by atoms with Crippen molar-refractivity contribution < 1.29 is 18.7 Å². The van der Waals surface area contributed by atoms with E-state index in [9.17, 15) is 9.59 Å². The zero-order valence-corrected chi connectivity index (χ0v) is 15.1. The first kappa shape index (κ1) is 18.5. The summed E-state index contributed by atoms with van der Waals surface area (Å²) in [5.41, 5.74) is 0.305. The summed E-state index contributed by atoms with van der Waals surface area (Å²) in [6.45, 7) is 0.119. The zero-order valence-electron chi connectivity index (χ0n) is 14.4. The predicted octanol–water partition coefficient (Wildman–Crippen LogP) is 2.48. The van der Waals surface area contributed by atoms with Crippen LogP contribution in [0.4, 0.5) is 5.69 Å². The number of hydrogen-bond acceptors (Lipinski definition) is 5. The second-order valence-corrected chi connectivity index (χ2v) is 5.96. The van der Waals surface area contributed by atoms with E-state index in [-0.39, 0.29) is 12.6 Å². The molecule has 1 unspecified atom stereocenters. The second-order valence-electron chi connectivity index (χ2n) is 5.53. The van der Waals surface area contributed by atoms with E-state index in [0.717, 1.165) is 0 Å². The van der Waals surface area contributed by atoms with Gasteiger partial charge in [-0.05, 0) is 36.4 Å². The van der Waals surface area contributed by atoms with E-state index in [0.29, 0.717) is 22.2 Å². The fourth-order valence-electron chi connectivity index (χ4n) is 2.50. The first-order chi connectivity index (χ1) is 13.1. The van der Waals surface area contributed by atoms with Crippen LogP contribution in [0, 0.1) is 0 Å². The molecule has 9 heteroatoms. The van der Waals surface area contributed by atoms with Gasteiger partial charge in [-0.3, -0.25) is 14.3 Å². The summed E-state index contributed by atoms with van der Waals surface area (Å²) in [6.07, 6.45) is 4.90. The van der Waals surface area contributed by atoms with E-state index < -0.39 is 11.8 Å². The Morgan fingerprint density at radius 2 is 2.15 bits per heavy atom. The third-order valence-electron chi connectivity index (χ3n) is 3.79. The number of carbonyl (C=O) groups excluding carboxylic acids is 2. The number of nitrogens with zero attached hydrogens (tertiary/aromatic N) is 2. The number of amides is 2. The van der Waals surface area contributed by atoms with Gasteiger partial charge in [0.1, 0.15) is 17.6 Å². The molecule has 0 radical (unpaired) electrons. The van der Waals surface area contributed by atoms with Gasteiger partial charge in [0, 0.05) is 24.0 Å². The Balaban J connectivity index is 1.66. The molecule has 0 aliphatic heterocycles. The molecule has 0 spiro atoms. The second kappa shape index (κ2) is 8.41. The number of furan rings is 1. The van der Waals surface area contributed by atoms with Gasteiger partial charge in [0.2, 0.25) is 0 Å². The number of anilines is 1. The molecule has 140 valence electrons. The summed E-state index contributed by atoms with van der Waals surface area (Å²) in [7, 11) is 1.46. The van der Waals surface area contributed by atoms with E-state index >= 15 is 0 Å². The standard InChI is InChI=1S/C18H17ClN4O4/c1-26-15-6-5-12(19)10-13(15)22-18(25)17(24)20-11-14(16-4-2-9-27-16)23-8-3-7-21-23/h2-10,14H,11H2,1H3,(H,20,24)(H,22,25). The van der Waals surface area contributed by atoms with Crippen LogP contribution in [0.1, 0.15) is 11.8 Å². The zero-order chi connectivity index (χ0) is 19.2. The molecular weight excluding hydrogens is 372 g/mol. The summed E-state index contributed by atoms with van der Waals surface area (Å²) < 4.78 is 12.2. The molecule has 0 saturated heterocycles. The molecule has 2 aromatic heterocycles. The number of nitrogens with one attached hydrogen (secondary N) is 2. The number of hydrogen-bond donors (Lipinski definition) is 2. The van der Waals surface area contributed by atoms with E-state index in [1.54, 1.807) is 47.4 Å². The monoisotopic (exact) mass is 388 g/mol. The number of benzene rings is 1. The largest absolute Gasteiger partial charge is 0.495 e. The van der Waals surface area contributed by atoms with Gasteiger partial charge in [0.15, 0.2) is 0 Å². The fraction of sp³-hybridized carbons (Fsp3) is 0.167. The molecule has 27 heavy (non-hydrogen) atoms. The Hall–Kier alpha value is -3.26. The highest BCUT2D eigenvalue weighted by Gasteiger charge is 2.21. The lowest BCUT2D eigenvalue weighted by molar-refractivity contribution is -0.136. The van der Waals surface area contributed by atoms with Gasteiger partial charge in [-0.2, -0.15) is 5.10 Å². The summed E-state index contributed by atoms with van der Waals surface area (Å²) in [6, 6.07) is 9.61. The lowest BCUT2D eigenvalue weighted by Crippen LogP contribution is -2.39. The molecule has 0 bridgehead atoms. The highest BCUT2D eigenvalue weighted by molar-refractivity contribution is 6.40. The summed E-state index contributed by atoms with van der Waals surface area (Å²) in [5, 5.41) is 9.65. The van der Waals surface area contributed by atoms with Crippen LogP contribution in [0.3, 0.4) is 0 Å². The summed E-state index contributed by atoms with van der Waals surface area (Å²) >= 11 is 5.93. The van der Waals surface area contributed by atoms with Crippen LogP contribution in [0.2, 0.25) is 5.02 Å². The van der Waals surface area contributed by atoms with Gasteiger partial charge >= 0.3 is 11.8 Å². The maximum atomic E-state index is 12.2. The van der Waals surface area contributed by atoms with Crippen molar-refractivity contribution in [1.29, 1.82) is 0 Å². The average Bonchev–Trinajstić information content (AvgIpc) is 3.36. The molecule has 3 rings (SSSR count). The summed E-state index contributed by atoms with van der Waals surface area (Å²) in [4.78, 5) is 24.4. The molecule has 0 saturated carbocycles. The molecule has 0 fully saturated rings. The molecule has 2 heterocycles. The number of halogens is 1. The number of ether oxygens (including phenoxy) is 1. The Bertz CT molecular complexity index is 875. The maximum Gasteiger partial charge on any atom is 0.313 e. The van der Waals surface area contributed by atoms with Crippen LogP contribution in [-0.2, 0) is 9.59 Å². The van der Waals surface area contributed by atoms with Crippen molar-refractivity contribution in [1.82, 2.24) is 15.1 Å². The van der Waals surface area contributed by atoms with Crippen LogP contribution >= 0.6 is 11.6 Å². The molecule has 0 aliphatic carbocycles. The fourth-order valence-corrected chi connectivity index (χ4v) is 2.67. The van der Waals surface area contributed by atoms with Crippen molar-refractivity contribution in [3.05, 3.63) is 65.8 Å². The number of carbonyl (C=O) groups is 2. The lowest BCUT2D eigenvalue weighted by Gasteiger charge is -2.16. The van der Waals surface area contributed by atoms with Crippen molar-refractivity contribution in [2.75, 3.05) is 19.0 Å². The Labute approximate surface area is 160 Å². The van der Waals surface area contributed by atoms with Gasteiger partial charge in [-0.1, -0.05) is 11.6 Å². The van der Waals surface area contributed by atoms with Crippen LogP contribution < -0.4 is 15.4 Å². The third-order valence-corrected chi connectivity index (χ3v) is 4.02. The van der Waals surface area contributed by atoms with Crippen molar-refractivity contribution >= 4 is 29.1 Å². The Morgan fingerprint density at radius 3 is 2.81 bits per heavy atom. The molecule has 3 aromatic rings. The van der Waals surface area contributed by atoms with Gasteiger partial charge in [0.25, 0.3) is 0 Å². The SMILES string of the molecule is COc1ccc(Cl)cc1NC(=O)C(=O)NCC(c1ccco1)n1cccn1. The molecule has 0 aliphatic rings. The van der Waals surface area contributed by atoms with Gasteiger partial charge in [-0.15, -0.1) is 0 Å². The summed E-state index contributed by atoms with van der Waals surface area (Å²) in [5.74, 6) is -0.642. The van der Waals surface area contributed by atoms with Crippen molar-refractivity contribution in [2.24, 2.45) is 0 Å². The number of rotatable bonds is 6. The minimum atomic E-state index is -0.839. The van der Waals surface area contributed by atoms with Gasteiger partial charge < -0.3 is 19.8 Å². The smallest absolute Gasteiger partial charge is 0.313 e. The first-order valence-electron chi connectivity index (χ1n) is 8.03. The van der Waals surface area contributed by atoms with Crippen LogP contribution in [0.25, 0.3) is 0 Å². The Kier molecular flexibility index (Phi) is 5.77. The van der Waals surface area contributed by atoms with Gasteiger partial charge in [0.05, 0.1) is 19.1 Å². The molecule has 2 amide bonds. The number of methoxy groups -OCH3 is 1. The van der Waals surface area contributed by atoms with E-state index in [1.165, 1.54) is 19.4 Å². The minimum absolute atomic E-state index is 0.119. The maximum absolute atomic E-state index is 12.2. The van der Waals surface area contributed by atoms with Crippen LogP contribution in [0.15, 0.2) is 59.5 Å². The van der Waals surface area contributed by atoms with E-state index in [2.05, 4.69) is 15.7 Å². The number of aromatic nitrogens is 2. The molecular formula is C18H17ClN4O4. The topological polar surface area (TPSA) is 98.4 Å². The molecule has 2 N–H and O–H groups in total. The van der Waals surface area contributed by atoms with Gasteiger partial charge in [-0.25, -0.2) is 0 Å². The first-order valence-corrected chi connectivity index (χ1v) is 8.41. The lowest BCUT2D eigenvalue weighted by atomic mass is 10.2. The third kappa shape index (κ3) is 4.48. The molecule has 8 nitrogen and oxygen atoms in total. The Morgan fingerprint density at radius 1 is 1.30 bits per heavy atom. The van der Waals surface area contributed by atoms with E-state index in [1.807, 2.05) is 0 Å². The van der Waals surface area contributed by atoms with Crippen molar-refractivity contribution in [3.8, 4) is 5.75 Å². The normalized spacial score (nSPS) is 11.6.